The molecule has 1 unspecified atom stereocenters. The molecule has 0 spiro atoms. The molecule has 1 N–H and O–H groups in total. The lowest BCUT2D eigenvalue weighted by atomic mass is 10.00. The molecule has 1 saturated heterocycles. The van der Waals surface area contributed by atoms with Crippen molar-refractivity contribution in [1.82, 2.24) is 4.90 Å². The molecule has 2 aliphatic rings. The van der Waals surface area contributed by atoms with Crippen molar-refractivity contribution < 1.29 is 27.9 Å². The van der Waals surface area contributed by atoms with Gasteiger partial charge in [0.15, 0.2) is 0 Å². The number of carboxylic acid groups (broad SMARTS) is 1. The number of carbonyl (C=O) groups is 2. The van der Waals surface area contributed by atoms with E-state index in [2.05, 4.69) is 0 Å². The van der Waals surface area contributed by atoms with Crippen LogP contribution in [0.15, 0.2) is 18.2 Å². The van der Waals surface area contributed by atoms with Gasteiger partial charge >= 0.3 is 5.97 Å². The molecular weight excluding hydrogens is 360 g/mol. The summed E-state index contributed by atoms with van der Waals surface area (Å²) in [6.07, 6.45) is 1.95. The highest BCUT2D eigenvalue weighted by molar-refractivity contribution is 7.92. The molecule has 0 aliphatic carbocycles. The monoisotopic (exact) mass is 382 g/mol. The Bertz CT molecular complexity index is 823. The summed E-state index contributed by atoms with van der Waals surface area (Å²) < 4.78 is 30.6. The second kappa shape index (κ2) is 7.24. The SMILES string of the molecule is CS(=O)(=O)N1CCCc2cc(C(=O)N3CCOC(CC(=O)O)C3)ccc21. The van der Waals surface area contributed by atoms with Crippen LogP contribution in [-0.2, 0) is 26.0 Å². The third kappa shape index (κ3) is 3.99. The number of rotatable bonds is 4. The summed E-state index contributed by atoms with van der Waals surface area (Å²) in [7, 11) is -3.35. The van der Waals surface area contributed by atoms with Crippen molar-refractivity contribution in [3.05, 3.63) is 29.3 Å². The number of hydrogen-bond acceptors (Lipinski definition) is 5. The predicted molar refractivity (Wildman–Crippen MR) is 94.8 cm³/mol. The van der Waals surface area contributed by atoms with Crippen molar-refractivity contribution >= 4 is 27.6 Å². The fourth-order valence-corrected chi connectivity index (χ4v) is 4.44. The number of aliphatic carboxylic acids is 1. The molecule has 0 radical (unpaired) electrons. The number of carbonyl (C=O) groups excluding carboxylic acids is 1. The van der Waals surface area contributed by atoms with E-state index in [9.17, 15) is 18.0 Å². The van der Waals surface area contributed by atoms with Crippen molar-refractivity contribution in [2.24, 2.45) is 0 Å². The van der Waals surface area contributed by atoms with Crippen LogP contribution in [0.5, 0.6) is 0 Å². The Morgan fingerprint density at radius 2 is 2.08 bits per heavy atom. The Morgan fingerprint density at radius 3 is 2.77 bits per heavy atom. The number of aryl methyl sites for hydroxylation is 1. The number of fused-ring (bicyclic) bond motifs is 1. The van der Waals surface area contributed by atoms with Gasteiger partial charge in [-0.15, -0.1) is 0 Å². The van der Waals surface area contributed by atoms with Crippen LogP contribution in [0.1, 0.15) is 28.8 Å². The number of anilines is 1. The highest BCUT2D eigenvalue weighted by atomic mass is 32.2. The fraction of sp³-hybridized carbons (Fsp3) is 0.529. The predicted octanol–water partition coefficient (Wildman–Crippen LogP) is 0.715. The van der Waals surface area contributed by atoms with Crippen molar-refractivity contribution in [3.8, 4) is 0 Å². The summed E-state index contributed by atoms with van der Waals surface area (Å²) in [5.41, 5.74) is 1.94. The molecule has 0 saturated carbocycles. The minimum absolute atomic E-state index is 0.142. The minimum atomic E-state index is -3.35. The number of hydrogen-bond donors (Lipinski definition) is 1. The molecule has 1 atom stereocenters. The summed E-state index contributed by atoms with van der Waals surface area (Å²) in [4.78, 5) is 25.2. The van der Waals surface area contributed by atoms with Gasteiger partial charge in [-0.25, -0.2) is 8.42 Å². The van der Waals surface area contributed by atoms with Crippen molar-refractivity contribution in [2.75, 3.05) is 36.8 Å². The average molecular weight is 382 g/mol. The number of carboxylic acids is 1. The second-order valence-electron chi connectivity index (χ2n) is 6.62. The Morgan fingerprint density at radius 1 is 1.31 bits per heavy atom. The first-order chi connectivity index (χ1) is 12.3. The van der Waals surface area contributed by atoms with Crippen LogP contribution in [-0.4, -0.2) is 68.9 Å². The number of ether oxygens (including phenoxy) is 1. The van der Waals surface area contributed by atoms with Gasteiger partial charge in [0.05, 0.1) is 31.1 Å². The van der Waals surface area contributed by atoms with Crippen LogP contribution in [0.3, 0.4) is 0 Å². The Balaban J connectivity index is 1.80. The van der Waals surface area contributed by atoms with Gasteiger partial charge in [-0.2, -0.15) is 0 Å². The molecule has 3 rings (SSSR count). The molecule has 8 nitrogen and oxygen atoms in total. The van der Waals surface area contributed by atoms with E-state index in [0.717, 1.165) is 5.56 Å². The molecular formula is C17H22N2O6S. The summed E-state index contributed by atoms with van der Waals surface area (Å²) in [5, 5.41) is 8.89. The zero-order valence-corrected chi connectivity index (χ0v) is 15.4. The van der Waals surface area contributed by atoms with Gasteiger partial charge in [0.1, 0.15) is 0 Å². The third-order valence-corrected chi connectivity index (χ3v) is 5.81. The van der Waals surface area contributed by atoms with E-state index in [1.807, 2.05) is 0 Å². The molecule has 1 aromatic rings. The van der Waals surface area contributed by atoms with Crippen molar-refractivity contribution in [2.45, 2.75) is 25.4 Å². The molecule has 0 aromatic heterocycles. The van der Waals surface area contributed by atoms with E-state index in [0.29, 0.717) is 43.8 Å². The standard InChI is InChI=1S/C17H22N2O6S/c1-26(23,24)19-6-2-3-12-9-13(4-5-15(12)19)17(22)18-7-8-25-14(11-18)10-16(20)21/h4-5,9,14H,2-3,6-8,10-11H2,1H3,(H,20,21). The van der Waals surface area contributed by atoms with Gasteiger partial charge in [0.2, 0.25) is 10.0 Å². The van der Waals surface area contributed by atoms with Crippen LogP contribution in [0, 0.1) is 0 Å². The molecule has 2 aliphatic heterocycles. The van der Waals surface area contributed by atoms with Crippen LogP contribution in [0.4, 0.5) is 5.69 Å². The van der Waals surface area contributed by atoms with Gasteiger partial charge in [0.25, 0.3) is 5.91 Å². The Kier molecular flexibility index (Phi) is 5.19. The minimum Gasteiger partial charge on any atom is -0.481 e. The fourth-order valence-electron chi connectivity index (χ4n) is 3.44. The molecule has 1 amide bonds. The summed E-state index contributed by atoms with van der Waals surface area (Å²) >= 11 is 0. The first kappa shape index (κ1) is 18.7. The lowest BCUT2D eigenvalue weighted by Gasteiger charge is -2.33. The molecule has 9 heteroatoms. The lowest BCUT2D eigenvalue weighted by Crippen LogP contribution is -2.46. The summed E-state index contributed by atoms with van der Waals surface area (Å²) in [5.74, 6) is -1.15. The molecule has 0 bridgehead atoms. The van der Waals surface area contributed by atoms with Gasteiger partial charge < -0.3 is 14.7 Å². The summed E-state index contributed by atoms with van der Waals surface area (Å²) in [6, 6.07) is 5.06. The van der Waals surface area contributed by atoms with E-state index < -0.39 is 22.1 Å². The lowest BCUT2D eigenvalue weighted by molar-refractivity contribution is -0.141. The largest absolute Gasteiger partial charge is 0.481 e. The van der Waals surface area contributed by atoms with Crippen LogP contribution in [0.2, 0.25) is 0 Å². The van der Waals surface area contributed by atoms with Gasteiger partial charge in [0, 0.05) is 25.2 Å². The average Bonchev–Trinajstić information content (AvgIpc) is 2.59. The first-order valence-corrected chi connectivity index (χ1v) is 10.3. The normalized spacial score (nSPS) is 20.6. The maximum atomic E-state index is 12.8. The van der Waals surface area contributed by atoms with E-state index in [-0.39, 0.29) is 18.9 Å². The van der Waals surface area contributed by atoms with Crippen molar-refractivity contribution in [3.63, 3.8) is 0 Å². The smallest absolute Gasteiger partial charge is 0.306 e. The maximum absolute atomic E-state index is 12.8. The van der Waals surface area contributed by atoms with Crippen LogP contribution >= 0.6 is 0 Å². The zero-order chi connectivity index (χ0) is 18.9. The zero-order valence-electron chi connectivity index (χ0n) is 14.6. The van der Waals surface area contributed by atoms with E-state index in [4.69, 9.17) is 9.84 Å². The Labute approximate surface area is 152 Å². The van der Waals surface area contributed by atoms with Crippen LogP contribution in [0.25, 0.3) is 0 Å². The number of sulfonamides is 1. The first-order valence-electron chi connectivity index (χ1n) is 8.49. The van der Waals surface area contributed by atoms with Gasteiger partial charge in [-0.3, -0.25) is 13.9 Å². The molecule has 142 valence electrons. The van der Waals surface area contributed by atoms with Gasteiger partial charge in [-0.05, 0) is 36.6 Å². The van der Waals surface area contributed by atoms with E-state index in [1.54, 1.807) is 23.1 Å². The number of morpholine rings is 1. The van der Waals surface area contributed by atoms with E-state index >= 15 is 0 Å². The molecule has 1 fully saturated rings. The number of nitrogens with zero attached hydrogens (tertiary/aromatic N) is 2. The number of amides is 1. The third-order valence-electron chi connectivity index (χ3n) is 4.63. The van der Waals surface area contributed by atoms with E-state index in [1.165, 1.54) is 10.6 Å². The quantitative estimate of drug-likeness (QED) is 0.823. The molecule has 26 heavy (non-hydrogen) atoms. The Hall–Kier alpha value is -2.13. The topological polar surface area (TPSA) is 104 Å². The maximum Gasteiger partial charge on any atom is 0.306 e. The molecule has 1 aromatic carbocycles. The second-order valence-corrected chi connectivity index (χ2v) is 8.53. The number of benzene rings is 1. The summed E-state index contributed by atoms with van der Waals surface area (Å²) in [6.45, 7) is 1.38. The highest BCUT2D eigenvalue weighted by Crippen LogP contribution is 2.30. The van der Waals surface area contributed by atoms with Crippen LogP contribution < -0.4 is 4.31 Å². The highest BCUT2D eigenvalue weighted by Gasteiger charge is 2.28. The molecule has 2 heterocycles. The van der Waals surface area contributed by atoms with Gasteiger partial charge in [-0.1, -0.05) is 0 Å². The van der Waals surface area contributed by atoms with Crippen molar-refractivity contribution in [1.29, 1.82) is 0 Å².